The van der Waals surface area contributed by atoms with Crippen molar-refractivity contribution in [3.8, 4) is 0 Å². The van der Waals surface area contributed by atoms with E-state index in [1.807, 2.05) is 0 Å². The molecule has 0 aromatic carbocycles. The molecule has 7 heteroatoms. The molecule has 1 aliphatic heterocycles. The van der Waals surface area contributed by atoms with Crippen molar-refractivity contribution >= 4 is 17.6 Å². The summed E-state index contributed by atoms with van der Waals surface area (Å²) in [6.45, 7) is 3.12. The van der Waals surface area contributed by atoms with Gasteiger partial charge in [-0.05, 0) is 13.8 Å². The Balaban J connectivity index is 2.85. The molecule has 0 radical (unpaired) electrons. The Labute approximate surface area is 73.9 Å². The maximum atomic E-state index is 11.1. The van der Waals surface area contributed by atoms with Crippen molar-refractivity contribution in [1.29, 1.82) is 0 Å². The number of nitrogens with zero attached hydrogens (tertiary/aromatic N) is 4. The molecule has 1 rings (SSSR count). The van der Waals surface area contributed by atoms with Crippen LogP contribution in [-0.2, 0) is 4.79 Å². The molecule has 0 aliphatic carbocycles. The van der Waals surface area contributed by atoms with Gasteiger partial charge in [-0.2, -0.15) is 5.10 Å². The fourth-order valence-electron chi connectivity index (χ4n) is 0.879. The monoisotopic (exact) mass is 184 g/mol. The first kappa shape index (κ1) is 9.30. The zero-order valence-corrected chi connectivity index (χ0v) is 7.22. The number of imide groups is 1. The van der Waals surface area contributed by atoms with Gasteiger partial charge in [0.25, 0.3) is 5.91 Å². The lowest BCUT2D eigenvalue weighted by atomic mass is 10.5. The van der Waals surface area contributed by atoms with Gasteiger partial charge in [0.2, 0.25) is 0 Å². The van der Waals surface area contributed by atoms with E-state index < -0.39 is 11.9 Å². The number of rotatable bonds is 2. The molecule has 70 valence electrons. The van der Waals surface area contributed by atoms with Gasteiger partial charge in [0.05, 0.1) is 5.29 Å². The summed E-state index contributed by atoms with van der Waals surface area (Å²) in [5, 5.41) is 7.18. The molecule has 0 spiro atoms. The number of hydrogen-bond acceptors (Lipinski definition) is 5. The third-order valence-electron chi connectivity index (χ3n) is 1.33. The van der Waals surface area contributed by atoms with Gasteiger partial charge < -0.3 is 0 Å². The number of carbonyl (C=O) groups excluding carboxylic acids is 2. The molecule has 3 amide bonds. The summed E-state index contributed by atoms with van der Waals surface area (Å²) in [6.07, 6.45) is 0. The van der Waals surface area contributed by atoms with Gasteiger partial charge in [0.1, 0.15) is 6.54 Å². The summed E-state index contributed by atoms with van der Waals surface area (Å²) in [7, 11) is 0. The lowest BCUT2D eigenvalue weighted by Gasteiger charge is -2.06. The minimum Gasteiger partial charge on any atom is -0.270 e. The summed E-state index contributed by atoms with van der Waals surface area (Å²) in [6, 6.07) is -0.804. The van der Waals surface area contributed by atoms with E-state index in [1.54, 1.807) is 13.8 Å². The normalized spacial score (nSPS) is 16.5. The number of hydrazone groups is 1. The summed E-state index contributed by atoms with van der Waals surface area (Å²) in [4.78, 5) is 32.0. The highest BCUT2D eigenvalue weighted by atomic mass is 16.3. The molecule has 1 saturated heterocycles. The van der Waals surface area contributed by atoms with E-state index in [0.717, 1.165) is 5.01 Å². The second kappa shape index (κ2) is 3.30. The minimum absolute atomic E-state index is 0.226. The second-order valence-corrected chi connectivity index (χ2v) is 2.67. The maximum Gasteiger partial charge on any atom is 0.371 e. The SMILES string of the molecule is CC(C)=NN1CC(=O)N(N=O)C1=O. The van der Waals surface area contributed by atoms with Crippen LogP contribution in [0.25, 0.3) is 0 Å². The van der Waals surface area contributed by atoms with E-state index in [0.29, 0.717) is 5.71 Å². The van der Waals surface area contributed by atoms with Gasteiger partial charge in [0, 0.05) is 5.71 Å². The predicted octanol–water partition coefficient (Wildman–Crippen LogP) is 0.328. The predicted molar refractivity (Wildman–Crippen MR) is 43.5 cm³/mol. The van der Waals surface area contributed by atoms with Crippen molar-refractivity contribution in [2.75, 3.05) is 6.54 Å². The highest BCUT2D eigenvalue weighted by molar-refractivity contribution is 6.01. The second-order valence-electron chi connectivity index (χ2n) is 2.67. The van der Waals surface area contributed by atoms with Crippen LogP contribution in [0.3, 0.4) is 0 Å². The Morgan fingerprint density at radius 3 is 2.38 bits per heavy atom. The number of hydrogen-bond donors (Lipinski definition) is 0. The van der Waals surface area contributed by atoms with Crippen molar-refractivity contribution in [3.05, 3.63) is 4.91 Å². The summed E-state index contributed by atoms with van der Waals surface area (Å²) >= 11 is 0. The van der Waals surface area contributed by atoms with Gasteiger partial charge in [0.15, 0.2) is 0 Å². The molecule has 0 atom stereocenters. The highest BCUT2D eigenvalue weighted by Gasteiger charge is 2.37. The van der Waals surface area contributed by atoms with Gasteiger partial charge in [-0.3, -0.25) is 4.79 Å². The fourth-order valence-corrected chi connectivity index (χ4v) is 0.879. The Hall–Kier alpha value is -1.79. The number of urea groups is 1. The van der Waals surface area contributed by atoms with Gasteiger partial charge in [-0.1, -0.05) is 0 Å². The van der Waals surface area contributed by atoms with E-state index in [1.165, 1.54) is 0 Å². The van der Waals surface area contributed by atoms with Crippen molar-refractivity contribution in [2.24, 2.45) is 10.4 Å². The molecule has 1 aliphatic rings. The van der Waals surface area contributed by atoms with Gasteiger partial charge >= 0.3 is 6.03 Å². The van der Waals surface area contributed by atoms with E-state index in [9.17, 15) is 14.5 Å². The van der Waals surface area contributed by atoms with Crippen molar-refractivity contribution in [2.45, 2.75) is 13.8 Å². The van der Waals surface area contributed by atoms with Crippen LogP contribution in [0.1, 0.15) is 13.8 Å². The van der Waals surface area contributed by atoms with Crippen LogP contribution in [0, 0.1) is 4.91 Å². The third-order valence-corrected chi connectivity index (χ3v) is 1.33. The van der Waals surface area contributed by atoms with Crippen LogP contribution >= 0.6 is 0 Å². The Morgan fingerprint density at radius 2 is 2.00 bits per heavy atom. The molecule has 0 N–H and O–H groups in total. The van der Waals surface area contributed by atoms with Crippen LogP contribution in [0.5, 0.6) is 0 Å². The topological polar surface area (TPSA) is 82.4 Å². The summed E-state index contributed by atoms with van der Waals surface area (Å²) in [5.41, 5.74) is 0.619. The maximum absolute atomic E-state index is 11.1. The molecule has 1 heterocycles. The van der Waals surface area contributed by atoms with E-state index in [2.05, 4.69) is 10.4 Å². The molecular formula is C6H8N4O3. The Kier molecular flexibility index (Phi) is 2.36. The molecule has 0 saturated carbocycles. The Bertz CT molecular complexity index is 294. The van der Waals surface area contributed by atoms with Crippen molar-refractivity contribution in [1.82, 2.24) is 10.0 Å². The smallest absolute Gasteiger partial charge is 0.270 e. The Morgan fingerprint density at radius 1 is 1.38 bits per heavy atom. The highest BCUT2D eigenvalue weighted by Crippen LogP contribution is 2.10. The van der Waals surface area contributed by atoms with Gasteiger partial charge in [-0.15, -0.1) is 9.92 Å². The van der Waals surface area contributed by atoms with E-state index in [-0.39, 0.29) is 11.6 Å². The average molecular weight is 184 g/mol. The zero-order valence-electron chi connectivity index (χ0n) is 7.22. The van der Waals surface area contributed by atoms with Gasteiger partial charge in [-0.25, -0.2) is 9.80 Å². The van der Waals surface area contributed by atoms with Crippen molar-refractivity contribution in [3.63, 3.8) is 0 Å². The largest absolute Gasteiger partial charge is 0.371 e. The molecule has 0 aromatic rings. The lowest BCUT2D eigenvalue weighted by Crippen LogP contribution is -2.26. The molecule has 13 heavy (non-hydrogen) atoms. The standard InChI is InChI=1S/C6H8N4O3/c1-4(2)7-9-3-5(11)10(8-13)6(9)12/h3H2,1-2H3. The minimum atomic E-state index is -0.804. The first-order chi connectivity index (χ1) is 6.06. The summed E-state index contributed by atoms with van der Waals surface area (Å²) < 4.78 is 0. The third kappa shape index (κ3) is 1.68. The van der Waals surface area contributed by atoms with Crippen molar-refractivity contribution < 1.29 is 9.59 Å². The zero-order chi connectivity index (χ0) is 10.0. The molecule has 0 aromatic heterocycles. The number of amides is 3. The lowest BCUT2D eigenvalue weighted by molar-refractivity contribution is -0.125. The molecule has 1 fully saturated rings. The van der Waals surface area contributed by atoms with E-state index in [4.69, 9.17) is 0 Å². The molecule has 7 nitrogen and oxygen atoms in total. The average Bonchev–Trinajstić information content (AvgIpc) is 2.26. The summed E-state index contributed by atoms with van der Waals surface area (Å²) in [5.74, 6) is -0.662. The van der Waals surface area contributed by atoms with Crippen LogP contribution in [0.15, 0.2) is 10.4 Å². The molecular weight excluding hydrogens is 176 g/mol. The van der Waals surface area contributed by atoms with Crippen LogP contribution in [0.4, 0.5) is 4.79 Å². The van der Waals surface area contributed by atoms with Crippen LogP contribution < -0.4 is 0 Å². The molecule has 0 bridgehead atoms. The van der Waals surface area contributed by atoms with Crippen LogP contribution in [0.2, 0.25) is 0 Å². The number of nitroso groups, excluding NO2 is 1. The first-order valence-corrected chi connectivity index (χ1v) is 3.56. The number of carbonyl (C=O) groups is 2. The fraction of sp³-hybridized carbons (Fsp3) is 0.500. The van der Waals surface area contributed by atoms with E-state index >= 15 is 0 Å². The first-order valence-electron chi connectivity index (χ1n) is 3.56. The quantitative estimate of drug-likeness (QED) is 0.352. The van der Waals surface area contributed by atoms with Crippen LogP contribution in [-0.4, -0.2) is 34.2 Å². The molecule has 0 unspecified atom stereocenters.